The van der Waals surface area contributed by atoms with Crippen LogP contribution in [0, 0.1) is 0 Å². The summed E-state index contributed by atoms with van der Waals surface area (Å²) in [5.74, 6) is 0. The topological polar surface area (TPSA) is 128 Å². The standard InChI is InChI=1S/C14H21N3O6/c18-7-9-10(19)11(20)12(23-9)8-6-17(14(22)15-13(8)21)5-4-16-2-1-3-16/h6,9-12,18-20H,1-5,7H2,(H,15,21,22)/t9-,10-,11-,12+/m1/s1. The largest absolute Gasteiger partial charge is 0.394 e. The Bertz CT molecular complexity index is 667. The van der Waals surface area contributed by atoms with Gasteiger partial charge in [-0.15, -0.1) is 0 Å². The van der Waals surface area contributed by atoms with Gasteiger partial charge >= 0.3 is 5.69 Å². The molecular formula is C14H21N3O6. The number of aliphatic hydroxyl groups is 3. The number of ether oxygens (including phenoxy) is 1. The van der Waals surface area contributed by atoms with E-state index in [2.05, 4.69) is 9.88 Å². The Hall–Kier alpha value is -1.52. The lowest BCUT2D eigenvalue weighted by Crippen LogP contribution is -2.42. The molecule has 0 amide bonds. The molecule has 0 unspecified atom stereocenters. The van der Waals surface area contributed by atoms with E-state index in [-0.39, 0.29) is 5.56 Å². The maximum Gasteiger partial charge on any atom is 0.328 e. The van der Waals surface area contributed by atoms with Crippen LogP contribution in [0.5, 0.6) is 0 Å². The van der Waals surface area contributed by atoms with Crippen LogP contribution in [0.15, 0.2) is 15.8 Å². The molecule has 128 valence electrons. The molecule has 0 radical (unpaired) electrons. The molecule has 0 aliphatic carbocycles. The molecule has 1 aromatic heterocycles. The van der Waals surface area contributed by atoms with Gasteiger partial charge in [-0.05, 0) is 19.5 Å². The van der Waals surface area contributed by atoms with E-state index in [1.807, 2.05) is 0 Å². The lowest BCUT2D eigenvalue weighted by atomic mass is 10.0. The van der Waals surface area contributed by atoms with Crippen LogP contribution >= 0.6 is 0 Å². The predicted octanol–water partition coefficient (Wildman–Crippen LogP) is -2.60. The number of hydrogen-bond donors (Lipinski definition) is 4. The number of hydrogen-bond acceptors (Lipinski definition) is 7. The molecule has 0 spiro atoms. The van der Waals surface area contributed by atoms with E-state index in [1.165, 1.54) is 10.8 Å². The lowest BCUT2D eigenvalue weighted by Gasteiger charge is -2.30. The van der Waals surface area contributed by atoms with Gasteiger partial charge in [-0.2, -0.15) is 0 Å². The lowest BCUT2D eigenvalue weighted by molar-refractivity contribution is -0.0233. The number of aliphatic hydroxyl groups excluding tert-OH is 3. The van der Waals surface area contributed by atoms with Crippen molar-refractivity contribution in [2.24, 2.45) is 0 Å². The fraction of sp³-hybridized carbons (Fsp3) is 0.714. The highest BCUT2D eigenvalue weighted by atomic mass is 16.6. The molecule has 0 saturated carbocycles. The first-order valence-electron chi connectivity index (χ1n) is 7.69. The Balaban J connectivity index is 1.83. The Labute approximate surface area is 131 Å². The van der Waals surface area contributed by atoms with E-state index in [4.69, 9.17) is 9.84 Å². The molecule has 0 aromatic carbocycles. The fourth-order valence-corrected chi connectivity index (χ4v) is 2.91. The predicted molar refractivity (Wildman–Crippen MR) is 79.1 cm³/mol. The number of nitrogens with zero attached hydrogens (tertiary/aromatic N) is 2. The van der Waals surface area contributed by atoms with Crippen LogP contribution in [0.1, 0.15) is 18.1 Å². The summed E-state index contributed by atoms with van der Waals surface area (Å²) in [4.78, 5) is 28.3. The summed E-state index contributed by atoms with van der Waals surface area (Å²) < 4.78 is 6.72. The molecule has 2 saturated heterocycles. The van der Waals surface area contributed by atoms with Gasteiger partial charge in [-0.25, -0.2) is 4.79 Å². The molecule has 9 heteroatoms. The Morgan fingerprint density at radius 2 is 1.96 bits per heavy atom. The van der Waals surface area contributed by atoms with Crippen molar-refractivity contribution in [3.63, 3.8) is 0 Å². The van der Waals surface area contributed by atoms with Crippen molar-refractivity contribution < 1.29 is 20.1 Å². The number of rotatable bonds is 5. The molecule has 2 aliphatic rings. The zero-order chi connectivity index (χ0) is 16.6. The second kappa shape index (κ2) is 6.54. The molecular weight excluding hydrogens is 306 g/mol. The summed E-state index contributed by atoms with van der Waals surface area (Å²) in [6, 6.07) is 0. The molecule has 2 fully saturated rings. The minimum atomic E-state index is -1.34. The fourth-order valence-electron chi connectivity index (χ4n) is 2.91. The minimum absolute atomic E-state index is 0.0655. The van der Waals surface area contributed by atoms with Crippen LogP contribution in [-0.2, 0) is 11.3 Å². The highest BCUT2D eigenvalue weighted by Gasteiger charge is 2.44. The van der Waals surface area contributed by atoms with Gasteiger partial charge in [0, 0.05) is 19.3 Å². The average molecular weight is 327 g/mol. The molecule has 4 atom stereocenters. The van der Waals surface area contributed by atoms with Gasteiger partial charge in [0.05, 0.1) is 12.2 Å². The van der Waals surface area contributed by atoms with Crippen molar-refractivity contribution >= 4 is 0 Å². The molecule has 23 heavy (non-hydrogen) atoms. The first-order chi connectivity index (χ1) is 11.0. The minimum Gasteiger partial charge on any atom is -0.394 e. The zero-order valence-electron chi connectivity index (χ0n) is 12.6. The number of aromatic nitrogens is 2. The van der Waals surface area contributed by atoms with Gasteiger partial charge in [-0.3, -0.25) is 14.3 Å². The van der Waals surface area contributed by atoms with E-state index in [0.717, 1.165) is 19.5 Å². The Morgan fingerprint density at radius 3 is 2.52 bits per heavy atom. The van der Waals surface area contributed by atoms with E-state index < -0.39 is 42.3 Å². The van der Waals surface area contributed by atoms with Crippen molar-refractivity contribution in [2.75, 3.05) is 26.2 Å². The summed E-state index contributed by atoms with van der Waals surface area (Å²) in [5.41, 5.74) is -1.12. The third kappa shape index (κ3) is 3.10. The number of H-pyrrole nitrogens is 1. The third-order valence-electron chi connectivity index (χ3n) is 4.49. The first kappa shape index (κ1) is 16.3. The summed E-state index contributed by atoms with van der Waals surface area (Å²) in [5, 5.41) is 28.9. The van der Waals surface area contributed by atoms with Crippen molar-refractivity contribution in [2.45, 2.75) is 37.4 Å². The molecule has 0 bridgehead atoms. The van der Waals surface area contributed by atoms with Crippen LogP contribution in [0.2, 0.25) is 0 Å². The van der Waals surface area contributed by atoms with Crippen LogP contribution in [0.3, 0.4) is 0 Å². The average Bonchev–Trinajstić information content (AvgIpc) is 2.75. The monoisotopic (exact) mass is 327 g/mol. The second-order valence-corrected chi connectivity index (χ2v) is 5.99. The van der Waals surface area contributed by atoms with Gasteiger partial charge in [0.1, 0.15) is 24.4 Å². The van der Waals surface area contributed by atoms with Crippen LogP contribution < -0.4 is 11.2 Å². The maximum atomic E-state index is 12.0. The SMILES string of the molecule is O=c1[nH]c(=O)n(CCN2CCC2)cc1[C@@H]1O[C@H](CO)[C@@H](O)[C@H]1O. The summed E-state index contributed by atoms with van der Waals surface area (Å²) in [6.45, 7) is 2.64. The van der Waals surface area contributed by atoms with Crippen molar-refractivity contribution in [3.05, 3.63) is 32.6 Å². The van der Waals surface area contributed by atoms with E-state index in [1.54, 1.807) is 0 Å². The molecule has 4 N–H and O–H groups in total. The number of aromatic amines is 1. The highest BCUT2D eigenvalue weighted by molar-refractivity contribution is 5.14. The van der Waals surface area contributed by atoms with Crippen LogP contribution in [0.4, 0.5) is 0 Å². The highest BCUT2D eigenvalue weighted by Crippen LogP contribution is 2.31. The Morgan fingerprint density at radius 1 is 1.22 bits per heavy atom. The van der Waals surface area contributed by atoms with Crippen LogP contribution in [0.25, 0.3) is 0 Å². The van der Waals surface area contributed by atoms with Gasteiger partial charge in [0.25, 0.3) is 5.56 Å². The van der Waals surface area contributed by atoms with Crippen molar-refractivity contribution in [1.29, 1.82) is 0 Å². The first-order valence-corrected chi connectivity index (χ1v) is 7.69. The zero-order valence-corrected chi connectivity index (χ0v) is 12.6. The quantitative estimate of drug-likeness (QED) is 0.467. The Kier molecular flexibility index (Phi) is 4.64. The van der Waals surface area contributed by atoms with E-state index >= 15 is 0 Å². The van der Waals surface area contributed by atoms with Gasteiger partial charge in [0.15, 0.2) is 0 Å². The molecule has 3 rings (SSSR count). The number of nitrogens with one attached hydrogen (secondary N) is 1. The third-order valence-corrected chi connectivity index (χ3v) is 4.49. The van der Waals surface area contributed by atoms with Crippen LogP contribution in [-0.4, -0.2) is 74.3 Å². The molecule has 9 nitrogen and oxygen atoms in total. The smallest absolute Gasteiger partial charge is 0.328 e. The van der Waals surface area contributed by atoms with E-state index in [9.17, 15) is 19.8 Å². The van der Waals surface area contributed by atoms with Gasteiger partial charge in [0.2, 0.25) is 0 Å². The second-order valence-electron chi connectivity index (χ2n) is 5.99. The van der Waals surface area contributed by atoms with Gasteiger partial charge in [-0.1, -0.05) is 0 Å². The number of likely N-dealkylation sites (tertiary alicyclic amines) is 1. The van der Waals surface area contributed by atoms with Crippen molar-refractivity contribution in [1.82, 2.24) is 14.5 Å². The normalized spacial score (nSPS) is 31.3. The van der Waals surface area contributed by atoms with E-state index in [0.29, 0.717) is 13.1 Å². The summed E-state index contributed by atoms with van der Waals surface area (Å²) in [6.07, 6.45) is -2.16. The van der Waals surface area contributed by atoms with Crippen molar-refractivity contribution in [3.8, 4) is 0 Å². The molecule has 1 aromatic rings. The summed E-state index contributed by atoms with van der Waals surface area (Å²) in [7, 11) is 0. The summed E-state index contributed by atoms with van der Waals surface area (Å²) >= 11 is 0. The molecule has 3 heterocycles. The van der Waals surface area contributed by atoms with Gasteiger partial charge < -0.3 is 25.0 Å². The maximum absolute atomic E-state index is 12.0. The molecule has 2 aliphatic heterocycles.